The third kappa shape index (κ3) is 5.60. The summed E-state index contributed by atoms with van der Waals surface area (Å²) in [5.41, 5.74) is -7.82. The van der Waals surface area contributed by atoms with E-state index in [0.29, 0.717) is 12.1 Å². The van der Waals surface area contributed by atoms with Crippen LogP contribution in [0, 0.1) is 11.8 Å². The fourth-order valence-electron chi connectivity index (χ4n) is 5.94. The van der Waals surface area contributed by atoms with E-state index in [1.54, 1.807) is 0 Å². The summed E-state index contributed by atoms with van der Waals surface area (Å²) in [4.78, 5) is 25.5. The lowest BCUT2D eigenvalue weighted by molar-refractivity contribution is -0.348. The number of carbonyl (C=O) groups excluding carboxylic acids is 1. The van der Waals surface area contributed by atoms with Gasteiger partial charge < -0.3 is 10.0 Å². The Balaban J connectivity index is 1.76. The standard InChI is InChI=1S/C28H27F8NO5S/c29-15-17-2-1-3-22(14-17)43(41,42)25(12-13-37(16-25)23(38)18-4-6-19(7-5-18)24(39)40)20-8-10-21(11-9-20)26(30,27(31,32)33)28(34,35)36/h1-3,8-11,14,18-19H,4-7,12-13,15-16H2,(H,39,40)/t18-,19-,25?. The molecule has 43 heavy (non-hydrogen) atoms. The molecule has 15 heteroatoms. The van der Waals surface area contributed by atoms with Gasteiger partial charge in [-0.15, -0.1) is 0 Å². The molecule has 1 aliphatic heterocycles. The van der Waals surface area contributed by atoms with Crippen LogP contribution in [-0.2, 0) is 36.5 Å². The largest absolute Gasteiger partial charge is 0.481 e. The van der Waals surface area contributed by atoms with Crippen LogP contribution in [0.4, 0.5) is 35.1 Å². The number of sulfone groups is 1. The van der Waals surface area contributed by atoms with Crippen LogP contribution in [0.1, 0.15) is 48.8 Å². The van der Waals surface area contributed by atoms with Gasteiger partial charge in [0.25, 0.3) is 0 Å². The Labute approximate surface area is 241 Å². The molecule has 0 radical (unpaired) electrons. The molecule has 2 aromatic carbocycles. The van der Waals surface area contributed by atoms with Crippen molar-refractivity contribution in [2.75, 3.05) is 13.1 Å². The molecule has 0 aromatic heterocycles. The highest BCUT2D eigenvalue weighted by molar-refractivity contribution is 7.92. The molecule has 0 bridgehead atoms. The molecular weight excluding hydrogens is 614 g/mol. The quantitative estimate of drug-likeness (QED) is 0.362. The lowest BCUT2D eigenvalue weighted by Gasteiger charge is -2.33. The van der Waals surface area contributed by atoms with Gasteiger partial charge in [0.2, 0.25) is 5.91 Å². The van der Waals surface area contributed by atoms with Gasteiger partial charge in [-0.05, 0) is 55.4 Å². The minimum Gasteiger partial charge on any atom is -0.481 e. The summed E-state index contributed by atoms with van der Waals surface area (Å²) in [7, 11) is -4.58. The third-order valence-corrected chi connectivity index (χ3v) is 10.9. The number of hydrogen-bond donors (Lipinski definition) is 1. The molecule has 2 aromatic rings. The van der Waals surface area contributed by atoms with Crippen LogP contribution in [0.15, 0.2) is 53.4 Å². The number of hydrogen-bond acceptors (Lipinski definition) is 4. The van der Waals surface area contributed by atoms with E-state index in [2.05, 4.69) is 0 Å². The van der Waals surface area contributed by atoms with Gasteiger partial charge in [-0.25, -0.2) is 17.2 Å². The fraction of sp³-hybridized carbons (Fsp3) is 0.500. The van der Waals surface area contributed by atoms with Crippen molar-refractivity contribution in [1.82, 2.24) is 4.90 Å². The minimum atomic E-state index is -6.38. The number of aliphatic carboxylic acids is 1. The summed E-state index contributed by atoms with van der Waals surface area (Å²) < 4.78 is 134. The average Bonchev–Trinajstić information content (AvgIpc) is 3.43. The normalized spacial score (nSPS) is 23.8. The molecule has 1 aliphatic carbocycles. The van der Waals surface area contributed by atoms with E-state index >= 15 is 0 Å². The molecule has 236 valence electrons. The van der Waals surface area contributed by atoms with Crippen molar-refractivity contribution < 1.29 is 58.2 Å². The maximum Gasteiger partial charge on any atom is 0.435 e. The second kappa shape index (κ2) is 11.4. The van der Waals surface area contributed by atoms with E-state index in [1.807, 2.05) is 0 Å². The number of nitrogens with zero attached hydrogens (tertiary/aromatic N) is 1. The summed E-state index contributed by atoms with van der Waals surface area (Å²) in [5, 5.41) is 9.23. The van der Waals surface area contributed by atoms with E-state index < -0.39 is 75.1 Å². The highest BCUT2D eigenvalue weighted by Crippen LogP contribution is 2.54. The van der Waals surface area contributed by atoms with Crippen molar-refractivity contribution in [2.24, 2.45) is 11.8 Å². The lowest BCUT2D eigenvalue weighted by Crippen LogP contribution is -2.50. The minimum absolute atomic E-state index is 0.00902. The van der Waals surface area contributed by atoms with E-state index in [9.17, 15) is 58.2 Å². The fourth-order valence-corrected chi connectivity index (χ4v) is 8.09. The Morgan fingerprint density at radius 2 is 1.44 bits per heavy atom. The number of alkyl halides is 8. The van der Waals surface area contributed by atoms with Crippen LogP contribution >= 0.6 is 0 Å². The molecule has 1 amide bonds. The molecule has 1 saturated heterocycles. The maximum atomic E-state index is 14.7. The number of likely N-dealkylation sites (tertiary alicyclic amines) is 1. The lowest BCUT2D eigenvalue weighted by atomic mass is 9.81. The molecule has 2 aliphatic rings. The number of amides is 1. The van der Waals surface area contributed by atoms with E-state index in [4.69, 9.17) is 0 Å². The van der Waals surface area contributed by atoms with Gasteiger partial charge in [-0.2, -0.15) is 26.3 Å². The van der Waals surface area contributed by atoms with E-state index in [1.165, 1.54) is 17.0 Å². The van der Waals surface area contributed by atoms with Crippen molar-refractivity contribution in [2.45, 2.75) is 66.4 Å². The topological polar surface area (TPSA) is 91.8 Å². The first-order chi connectivity index (χ1) is 19.9. The summed E-state index contributed by atoms with van der Waals surface area (Å²) in [6.07, 6.45) is -12.2. The van der Waals surface area contributed by atoms with Crippen LogP contribution in [-0.4, -0.2) is 55.7 Å². The number of carboxylic acids is 1. The monoisotopic (exact) mass is 641 g/mol. The van der Waals surface area contributed by atoms with Crippen molar-refractivity contribution in [3.8, 4) is 0 Å². The Bertz CT molecular complexity index is 1450. The molecule has 1 unspecified atom stereocenters. The molecule has 1 N–H and O–H groups in total. The molecule has 6 nitrogen and oxygen atoms in total. The highest BCUT2D eigenvalue weighted by Gasteiger charge is 2.73. The van der Waals surface area contributed by atoms with E-state index in [-0.39, 0.29) is 66.8 Å². The Kier molecular flexibility index (Phi) is 8.63. The summed E-state index contributed by atoms with van der Waals surface area (Å²) in [5.74, 6) is -2.70. The van der Waals surface area contributed by atoms with Crippen molar-refractivity contribution in [3.05, 3.63) is 65.2 Å². The van der Waals surface area contributed by atoms with Gasteiger partial charge >= 0.3 is 24.0 Å². The predicted molar refractivity (Wildman–Crippen MR) is 136 cm³/mol. The zero-order valence-electron chi connectivity index (χ0n) is 22.4. The van der Waals surface area contributed by atoms with Gasteiger partial charge in [0.05, 0.1) is 10.8 Å². The predicted octanol–water partition coefficient (Wildman–Crippen LogP) is 6.24. The number of benzene rings is 2. The molecule has 1 atom stereocenters. The molecule has 1 saturated carbocycles. The number of halogens is 8. The zero-order chi connectivity index (χ0) is 32.0. The molecule has 0 spiro atoms. The molecular formula is C28H27F8NO5S. The number of carboxylic acid groups (broad SMARTS) is 1. The number of rotatable bonds is 7. The second-order valence-corrected chi connectivity index (χ2v) is 13.2. The second-order valence-electron chi connectivity index (χ2n) is 10.9. The zero-order valence-corrected chi connectivity index (χ0v) is 23.2. The summed E-state index contributed by atoms with van der Waals surface area (Å²) in [6, 6.07) is 6.57. The Hall–Kier alpha value is -3.23. The van der Waals surface area contributed by atoms with Crippen molar-refractivity contribution in [3.63, 3.8) is 0 Å². The molecule has 4 rings (SSSR count). The molecule has 2 fully saturated rings. The van der Waals surface area contributed by atoms with Crippen molar-refractivity contribution >= 4 is 21.7 Å². The van der Waals surface area contributed by atoms with Crippen LogP contribution in [0.5, 0.6) is 0 Å². The first kappa shape index (κ1) is 32.7. The van der Waals surface area contributed by atoms with Gasteiger partial charge in [0.1, 0.15) is 11.4 Å². The van der Waals surface area contributed by atoms with Crippen LogP contribution < -0.4 is 0 Å². The highest BCUT2D eigenvalue weighted by atomic mass is 32.2. The van der Waals surface area contributed by atoms with E-state index in [0.717, 1.165) is 12.1 Å². The smallest absolute Gasteiger partial charge is 0.435 e. The molecule has 1 heterocycles. The van der Waals surface area contributed by atoms with Gasteiger partial charge in [-0.1, -0.05) is 36.4 Å². The average molecular weight is 642 g/mol. The van der Waals surface area contributed by atoms with Crippen LogP contribution in [0.3, 0.4) is 0 Å². The van der Waals surface area contributed by atoms with Gasteiger partial charge in [-0.3, -0.25) is 9.59 Å². The summed E-state index contributed by atoms with van der Waals surface area (Å²) in [6.45, 7) is -1.71. The van der Waals surface area contributed by atoms with Crippen LogP contribution in [0.2, 0.25) is 0 Å². The maximum absolute atomic E-state index is 14.7. The number of carbonyl (C=O) groups is 2. The van der Waals surface area contributed by atoms with Gasteiger partial charge in [0, 0.05) is 24.6 Å². The Morgan fingerprint density at radius 3 is 1.95 bits per heavy atom. The van der Waals surface area contributed by atoms with Crippen LogP contribution in [0.25, 0.3) is 0 Å². The van der Waals surface area contributed by atoms with Crippen molar-refractivity contribution in [1.29, 1.82) is 0 Å². The first-order valence-corrected chi connectivity index (χ1v) is 14.7. The first-order valence-electron chi connectivity index (χ1n) is 13.2. The third-order valence-electron chi connectivity index (χ3n) is 8.44. The SMILES string of the molecule is O=C(O)[C@H]1CC[C@H](C(=O)N2CCC(c3ccc(C(F)(C(F)(F)F)C(F)(F)F)cc3)(S(=O)(=O)c3cccc(CF)c3)C2)CC1. The Morgan fingerprint density at radius 1 is 0.884 bits per heavy atom. The van der Waals surface area contributed by atoms with Gasteiger partial charge in [0.15, 0.2) is 9.84 Å². The summed E-state index contributed by atoms with van der Waals surface area (Å²) >= 11 is 0.